The Morgan fingerprint density at radius 3 is 2.75 bits per heavy atom. The molecule has 1 fully saturated rings. The maximum Gasteiger partial charge on any atom is 0.0956 e. The van der Waals surface area contributed by atoms with Gasteiger partial charge >= 0.3 is 0 Å². The monoisotopic (exact) mass is 170 g/mol. The molecule has 3 nitrogen and oxygen atoms in total. The van der Waals surface area contributed by atoms with Gasteiger partial charge in [-0.1, -0.05) is 6.92 Å². The zero-order valence-corrected chi connectivity index (χ0v) is 8.18. The van der Waals surface area contributed by atoms with E-state index in [1.165, 1.54) is 0 Å². The van der Waals surface area contributed by atoms with E-state index < -0.39 is 0 Å². The molecule has 70 valence electrons. The SMILES string of the molecule is CCC(=N)N1CCOC(C)(C)C1. The fraction of sp³-hybridized carbons (Fsp3) is 0.889. The van der Waals surface area contributed by atoms with E-state index >= 15 is 0 Å². The molecule has 0 atom stereocenters. The Hall–Kier alpha value is -0.570. The smallest absolute Gasteiger partial charge is 0.0956 e. The summed E-state index contributed by atoms with van der Waals surface area (Å²) in [5.74, 6) is 0.728. The zero-order valence-electron chi connectivity index (χ0n) is 8.18. The first-order valence-corrected chi connectivity index (χ1v) is 4.51. The van der Waals surface area contributed by atoms with Crippen LogP contribution in [-0.4, -0.2) is 36.0 Å². The normalized spacial score (nSPS) is 22.4. The average Bonchev–Trinajstić information content (AvgIpc) is 2.01. The molecule has 0 aliphatic carbocycles. The van der Waals surface area contributed by atoms with Crippen LogP contribution in [0.25, 0.3) is 0 Å². The van der Waals surface area contributed by atoms with E-state index in [9.17, 15) is 0 Å². The molecule has 0 aromatic carbocycles. The van der Waals surface area contributed by atoms with Crippen LogP contribution in [0.4, 0.5) is 0 Å². The topological polar surface area (TPSA) is 36.3 Å². The van der Waals surface area contributed by atoms with Crippen LogP contribution in [0.5, 0.6) is 0 Å². The lowest BCUT2D eigenvalue weighted by Gasteiger charge is -2.39. The van der Waals surface area contributed by atoms with E-state index in [0.29, 0.717) is 0 Å². The summed E-state index contributed by atoms with van der Waals surface area (Å²) in [6.45, 7) is 8.63. The number of hydrogen-bond acceptors (Lipinski definition) is 2. The number of ether oxygens (including phenoxy) is 1. The predicted molar refractivity (Wildman–Crippen MR) is 49.6 cm³/mol. The van der Waals surface area contributed by atoms with Crippen molar-refractivity contribution in [2.75, 3.05) is 19.7 Å². The first-order chi connectivity index (χ1) is 5.55. The molecule has 12 heavy (non-hydrogen) atoms. The number of morpholine rings is 1. The quantitative estimate of drug-likeness (QED) is 0.478. The fourth-order valence-corrected chi connectivity index (χ4v) is 1.47. The van der Waals surface area contributed by atoms with E-state index in [0.717, 1.165) is 32.0 Å². The molecule has 3 heteroatoms. The van der Waals surface area contributed by atoms with Gasteiger partial charge in [0, 0.05) is 19.5 Å². The van der Waals surface area contributed by atoms with Gasteiger partial charge in [0.1, 0.15) is 0 Å². The van der Waals surface area contributed by atoms with Gasteiger partial charge in [0.25, 0.3) is 0 Å². The van der Waals surface area contributed by atoms with Crippen molar-refractivity contribution in [1.29, 1.82) is 5.41 Å². The van der Waals surface area contributed by atoms with Gasteiger partial charge in [-0.3, -0.25) is 5.41 Å². The molecule has 1 saturated heterocycles. The Bertz CT molecular complexity index is 177. The summed E-state index contributed by atoms with van der Waals surface area (Å²) in [6.07, 6.45) is 0.816. The van der Waals surface area contributed by atoms with Crippen LogP contribution in [0.1, 0.15) is 27.2 Å². The summed E-state index contributed by atoms with van der Waals surface area (Å²) < 4.78 is 5.55. The van der Waals surface area contributed by atoms with Gasteiger partial charge in [-0.25, -0.2) is 0 Å². The first-order valence-electron chi connectivity index (χ1n) is 4.51. The van der Waals surface area contributed by atoms with Crippen molar-refractivity contribution in [3.05, 3.63) is 0 Å². The highest BCUT2D eigenvalue weighted by atomic mass is 16.5. The van der Waals surface area contributed by atoms with Crippen LogP contribution in [0.15, 0.2) is 0 Å². The Labute approximate surface area is 74.2 Å². The third kappa shape index (κ3) is 2.21. The highest BCUT2D eigenvalue weighted by molar-refractivity contribution is 5.78. The van der Waals surface area contributed by atoms with Crippen molar-refractivity contribution in [2.24, 2.45) is 0 Å². The molecule has 0 unspecified atom stereocenters. The minimum absolute atomic E-state index is 0.0836. The van der Waals surface area contributed by atoms with Gasteiger partial charge in [-0.05, 0) is 13.8 Å². The van der Waals surface area contributed by atoms with Crippen LogP contribution in [0.3, 0.4) is 0 Å². The summed E-state index contributed by atoms with van der Waals surface area (Å²) in [5, 5.41) is 7.68. The molecule has 0 radical (unpaired) electrons. The molecule has 1 aliphatic heterocycles. The lowest BCUT2D eigenvalue weighted by Crippen LogP contribution is -2.50. The summed E-state index contributed by atoms with van der Waals surface area (Å²) in [5.41, 5.74) is -0.0836. The Morgan fingerprint density at radius 2 is 2.25 bits per heavy atom. The Kier molecular flexibility index (Phi) is 2.73. The summed E-state index contributed by atoms with van der Waals surface area (Å²) in [6, 6.07) is 0. The van der Waals surface area contributed by atoms with E-state index in [1.807, 2.05) is 6.92 Å². The maximum absolute atomic E-state index is 7.68. The molecule has 1 rings (SSSR count). The molecule has 0 saturated carbocycles. The summed E-state index contributed by atoms with van der Waals surface area (Å²) in [4.78, 5) is 2.10. The molecule has 1 heterocycles. The highest BCUT2D eigenvalue weighted by Gasteiger charge is 2.27. The second-order valence-corrected chi connectivity index (χ2v) is 3.83. The van der Waals surface area contributed by atoms with E-state index in [-0.39, 0.29) is 5.60 Å². The van der Waals surface area contributed by atoms with Crippen molar-refractivity contribution < 1.29 is 4.74 Å². The third-order valence-corrected chi connectivity index (χ3v) is 2.14. The predicted octanol–water partition coefficient (Wildman–Crippen LogP) is 1.48. The molecule has 0 aromatic heterocycles. The van der Waals surface area contributed by atoms with E-state index in [4.69, 9.17) is 10.1 Å². The third-order valence-electron chi connectivity index (χ3n) is 2.14. The minimum Gasteiger partial charge on any atom is -0.372 e. The van der Waals surface area contributed by atoms with Crippen LogP contribution in [0, 0.1) is 5.41 Å². The van der Waals surface area contributed by atoms with Crippen molar-refractivity contribution in [2.45, 2.75) is 32.8 Å². The van der Waals surface area contributed by atoms with Crippen LogP contribution < -0.4 is 0 Å². The zero-order chi connectivity index (χ0) is 9.19. The Morgan fingerprint density at radius 1 is 1.58 bits per heavy atom. The molecular formula is C9H18N2O. The first kappa shape index (κ1) is 9.52. The Balaban J connectivity index is 2.52. The molecule has 0 spiro atoms. The molecule has 0 bridgehead atoms. The largest absolute Gasteiger partial charge is 0.372 e. The number of amidine groups is 1. The van der Waals surface area contributed by atoms with Gasteiger partial charge in [0.15, 0.2) is 0 Å². The van der Waals surface area contributed by atoms with Crippen molar-refractivity contribution in [3.8, 4) is 0 Å². The second kappa shape index (κ2) is 3.44. The highest BCUT2D eigenvalue weighted by Crippen LogP contribution is 2.16. The number of hydrogen-bond donors (Lipinski definition) is 1. The van der Waals surface area contributed by atoms with Crippen LogP contribution in [0.2, 0.25) is 0 Å². The minimum atomic E-state index is -0.0836. The standard InChI is InChI=1S/C9H18N2O/c1-4-8(10)11-5-6-12-9(2,3)7-11/h10H,4-7H2,1-3H3. The fourth-order valence-electron chi connectivity index (χ4n) is 1.47. The lowest BCUT2D eigenvalue weighted by atomic mass is 10.1. The van der Waals surface area contributed by atoms with E-state index in [1.54, 1.807) is 0 Å². The van der Waals surface area contributed by atoms with Gasteiger partial charge < -0.3 is 9.64 Å². The number of nitrogens with one attached hydrogen (secondary N) is 1. The van der Waals surface area contributed by atoms with Gasteiger partial charge in [-0.15, -0.1) is 0 Å². The molecule has 1 N–H and O–H groups in total. The molecule has 0 amide bonds. The van der Waals surface area contributed by atoms with Gasteiger partial charge in [0.2, 0.25) is 0 Å². The second-order valence-electron chi connectivity index (χ2n) is 3.83. The van der Waals surface area contributed by atoms with Gasteiger partial charge in [0.05, 0.1) is 18.0 Å². The summed E-state index contributed by atoms with van der Waals surface area (Å²) >= 11 is 0. The molecule has 1 aliphatic rings. The average molecular weight is 170 g/mol. The van der Waals surface area contributed by atoms with Crippen molar-refractivity contribution in [3.63, 3.8) is 0 Å². The van der Waals surface area contributed by atoms with Crippen LogP contribution in [-0.2, 0) is 4.74 Å². The molecule has 0 aromatic rings. The van der Waals surface area contributed by atoms with Crippen LogP contribution >= 0.6 is 0 Å². The van der Waals surface area contributed by atoms with E-state index in [2.05, 4.69) is 18.7 Å². The molecular weight excluding hydrogens is 152 g/mol. The maximum atomic E-state index is 7.68. The van der Waals surface area contributed by atoms with Crippen molar-refractivity contribution in [1.82, 2.24) is 4.90 Å². The van der Waals surface area contributed by atoms with Gasteiger partial charge in [-0.2, -0.15) is 0 Å². The number of nitrogens with zero attached hydrogens (tertiary/aromatic N) is 1. The lowest BCUT2D eigenvalue weighted by molar-refractivity contribution is -0.0683. The van der Waals surface area contributed by atoms with Crippen molar-refractivity contribution >= 4 is 5.84 Å². The summed E-state index contributed by atoms with van der Waals surface area (Å²) in [7, 11) is 0. The number of rotatable bonds is 1.